The van der Waals surface area contributed by atoms with Crippen LogP contribution >= 0.6 is 11.6 Å². The van der Waals surface area contributed by atoms with Gasteiger partial charge in [-0.05, 0) is 44.1 Å². The molecule has 0 spiro atoms. The van der Waals surface area contributed by atoms with Crippen molar-refractivity contribution in [1.29, 1.82) is 5.26 Å². The second-order valence-electron chi connectivity index (χ2n) is 4.40. The molecular weight excluding hydrogens is 286 g/mol. The largest absolute Gasteiger partial charge is 0.317 e. The van der Waals surface area contributed by atoms with Gasteiger partial charge in [-0.2, -0.15) is 5.26 Å². The van der Waals surface area contributed by atoms with Crippen molar-refractivity contribution in [3.8, 4) is 6.07 Å². The van der Waals surface area contributed by atoms with Crippen LogP contribution in [-0.4, -0.2) is 27.5 Å². The summed E-state index contributed by atoms with van der Waals surface area (Å²) in [4.78, 5) is 0.0759. The van der Waals surface area contributed by atoms with Gasteiger partial charge in [-0.1, -0.05) is 11.6 Å². The maximum atomic E-state index is 12.2. The van der Waals surface area contributed by atoms with E-state index in [0.717, 1.165) is 25.9 Å². The van der Waals surface area contributed by atoms with Gasteiger partial charge in [0.25, 0.3) is 0 Å². The Kier molecular flexibility index (Phi) is 4.42. The molecule has 0 radical (unpaired) electrons. The van der Waals surface area contributed by atoms with Crippen molar-refractivity contribution in [3.63, 3.8) is 0 Å². The van der Waals surface area contributed by atoms with Crippen molar-refractivity contribution in [1.82, 2.24) is 10.0 Å². The highest BCUT2D eigenvalue weighted by molar-refractivity contribution is 7.89. The average Bonchev–Trinajstić information content (AvgIpc) is 2.39. The normalized spacial score (nSPS) is 17.1. The molecule has 5 nitrogen and oxygen atoms in total. The van der Waals surface area contributed by atoms with Crippen molar-refractivity contribution in [3.05, 3.63) is 28.8 Å². The van der Waals surface area contributed by atoms with E-state index in [1.807, 2.05) is 6.07 Å². The van der Waals surface area contributed by atoms with E-state index in [1.165, 1.54) is 18.2 Å². The van der Waals surface area contributed by atoms with Gasteiger partial charge in [0.2, 0.25) is 10.0 Å². The van der Waals surface area contributed by atoms with Gasteiger partial charge in [0.1, 0.15) is 6.07 Å². The summed E-state index contributed by atoms with van der Waals surface area (Å²) < 4.78 is 27.1. The molecule has 1 fully saturated rings. The standard InChI is InChI=1S/C12H14ClN3O2S/c13-12-2-1-11(7-9(12)8-14)19(17,18)16-10-3-5-15-6-4-10/h1-2,7,10,15-16H,3-6H2. The molecule has 102 valence electrons. The third kappa shape index (κ3) is 3.45. The minimum absolute atomic E-state index is 0.0625. The molecule has 0 aromatic heterocycles. The maximum absolute atomic E-state index is 12.2. The summed E-state index contributed by atoms with van der Waals surface area (Å²) in [5, 5.41) is 12.3. The summed E-state index contributed by atoms with van der Waals surface area (Å²) in [5.41, 5.74) is 0.162. The second-order valence-corrected chi connectivity index (χ2v) is 6.52. The van der Waals surface area contributed by atoms with Gasteiger partial charge in [0, 0.05) is 6.04 Å². The molecule has 1 aromatic rings. The molecule has 1 aromatic carbocycles. The van der Waals surface area contributed by atoms with Crippen LogP contribution in [0.4, 0.5) is 0 Å². The van der Waals surface area contributed by atoms with Crippen LogP contribution in [0.25, 0.3) is 0 Å². The van der Waals surface area contributed by atoms with Crippen LogP contribution in [0, 0.1) is 11.3 Å². The van der Waals surface area contributed by atoms with Crippen LogP contribution < -0.4 is 10.0 Å². The fourth-order valence-corrected chi connectivity index (χ4v) is 3.48. The number of halogens is 1. The monoisotopic (exact) mass is 299 g/mol. The maximum Gasteiger partial charge on any atom is 0.240 e. The van der Waals surface area contributed by atoms with E-state index in [9.17, 15) is 8.42 Å². The third-order valence-electron chi connectivity index (χ3n) is 3.03. The van der Waals surface area contributed by atoms with Gasteiger partial charge in [-0.25, -0.2) is 13.1 Å². The molecule has 0 bridgehead atoms. The van der Waals surface area contributed by atoms with Crippen LogP contribution in [-0.2, 0) is 10.0 Å². The number of piperidine rings is 1. The lowest BCUT2D eigenvalue weighted by molar-refractivity contribution is 0.427. The van der Waals surface area contributed by atoms with Crippen LogP contribution in [0.15, 0.2) is 23.1 Å². The molecule has 1 saturated heterocycles. The summed E-state index contributed by atoms with van der Waals surface area (Å²) in [5.74, 6) is 0. The molecule has 0 unspecified atom stereocenters. The third-order valence-corrected chi connectivity index (χ3v) is 4.88. The Morgan fingerprint density at radius 1 is 1.37 bits per heavy atom. The zero-order chi connectivity index (χ0) is 13.9. The van der Waals surface area contributed by atoms with E-state index in [0.29, 0.717) is 0 Å². The lowest BCUT2D eigenvalue weighted by Gasteiger charge is -2.23. The topological polar surface area (TPSA) is 82.0 Å². The summed E-state index contributed by atoms with van der Waals surface area (Å²) >= 11 is 5.79. The Labute approximate surface area is 117 Å². The summed E-state index contributed by atoms with van der Waals surface area (Å²) in [7, 11) is -3.60. The van der Waals surface area contributed by atoms with Crippen molar-refractivity contribution in [2.45, 2.75) is 23.8 Å². The van der Waals surface area contributed by atoms with Crippen molar-refractivity contribution >= 4 is 21.6 Å². The van der Waals surface area contributed by atoms with Crippen LogP contribution in [0.5, 0.6) is 0 Å². The smallest absolute Gasteiger partial charge is 0.240 e. The summed E-state index contributed by atoms with van der Waals surface area (Å²) in [6.45, 7) is 1.61. The lowest BCUT2D eigenvalue weighted by Crippen LogP contribution is -2.42. The van der Waals surface area contributed by atoms with Gasteiger partial charge < -0.3 is 5.32 Å². The lowest BCUT2D eigenvalue weighted by atomic mass is 10.1. The average molecular weight is 300 g/mol. The number of nitrogens with one attached hydrogen (secondary N) is 2. The summed E-state index contributed by atoms with van der Waals surface area (Å²) in [6.07, 6.45) is 1.52. The second kappa shape index (κ2) is 5.88. The molecule has 7 heteroatoms. The van der Waals surface area contributed by atoms with E-state index < -0.39 is 10.0 Å². The molecule has 0 aliphatic carbocycles. The first kappa shape index (κ1) is 14.3. The fraction of sp³-hybridized carbons (Fsp3) is 0.417. The van der Waals surface area contributed by atoms with Crippen molar-refractivity contribution < 1.29 is 8.42 Å². The quantitative estimate of drug-likeness (QED) is 0.880. The molecule has 0 amide bonds. The Morgan fingerprint density at radius 2 is 2.05 bits per heavy atom. The zero-order valence-electron chi connectivity index (χ0n) is 10.2. The Hall–Kier alpha value is -1.13. The number of nitriles is 1. The van der Waals surface area contributed by atoms with Crippen LogP contribution in [0.1, 0.15) is 18.4 Å². The number of hydrogen-bond acceptors (Lipinski definition) is 4. The number of sulfonamides is 1. The molecule has 1 aliphatic heterocycles. The Morgan fingerprint density at radius 3 is 2.68 bits per heavy atom. The first-order valence-electron chi connectivity index (χ1n) is 5.95. The van der Waals surface area contributed by atoms with Gasteiger partial charge in [0.15, 0.2) is 0 Å². The molecule has 1 aliphatic rings. The predicted molar refractivity (Wildman–Crippen MR) is 72.4 cm³/mol. The Bertz CT molecular complexity index is 604. The van der Waals surface area contributed by atoms with E-state index in [2.05, 4.69) is 10.0 Å². The number of rotatable bonds is 3. The molecule has 2 rings (SSSR count). The molecular formula is C12H14ClN3O2S. The highest BCUT2D eigenvalue weighted by Gasteiger charge is 2.22. The number of benzene rings is 1. The van der Waals surface area contributed by atoms with E-state index >= 15 is 0 Å². The van der Waals surface area contributed by atoms with Gasteiger partial charge in [-0.15, -0.1) is 0 Å². The SMILES string of the molecule is N#Cc1cc(S(=O)(=O)NC2CCNCC2)ccc1Cl. The number of hydrogen-bond donors (Lipinski definition) is 2. The van der Waals surface area contributed by atoms with Gasteiger partial charge in [0.05, 0.1) is 15.5 Å². The zero-order valence-corrected chi connectivity index (χ0v) is 11.8. The highest BCUT2D eigenvalue weighted by Crippen LogP contribution is 2.20. The molecule has 1 heterocycles. The van der Waals surface area contributed by atoms with Crippen LogP contribution in [0.2, 0.25) is 5.02 Å². The predicted octanol–water partition coefficient (Wildman–Crippen LogP) is 1.24. The first-order valence-corrected chi connectivity index (χ1v) is 7.82. The van der Waals surface area contributed by atoms with E-state index in [4.69, 9.17) is 16.9 Å². The van der Waals surface area contributed by atoms with E-state index in [-0.39, 0.29) is 21.5 Å². The van der Waals surface area contributed by atoms with Crippen molar-refractivity contribution in [2.75, 3.05) is 13.1 Å². The first-order chi connectivity index (χ1) is 9.03. The van der Waals surface area contributed by atoms with E-state index in [1.54, 1.807) is 0 Å². The van der Waals surface area contributed by atoms with Crippen LogP contribution in [0.3, 0.4) is 0 Å². The minimum Gasteiger partial charge on any atom is -0.317 e. The van der Waals surface area contributed by atoms with Gasteiger partial charge >= 0.3 is 0 Å². The van der Waals surface area contributed by atoms with Crippen molar-refractivity contribution in [2.24, 2.45) is 0 Å². The fourth-order valence-electron chi connectivity index (χ4n) is 1.98. The summed E-state index contributed by atoms with van der Waals surface area (Å²) in [6, 6.07) is 5.95. The number of nitrogens with zero attached hydrogens (tertiary/aromatic N) is 1. The highest BCUT2D eigenvalue weighted by atomic mass is 35.5. The minimum atomic E-state index is -3.60. The molecule has 19 heavy (non-hydrogen) atoms. The Balaban J connectivity index is 2.21. The molecule has 0 saturated carbocycles. The van der Waals surface area contributed by atoms with Gasteiger partial charge in [-0.3, -0.25) is 0 Å². The molecule has 2 N–H and O–H groups in total. The molecule has 0 atom stereocenters.